The Hall–Kier alpha value is -2.38. The molecule has 0 aliphatic carbocycles. The molecule has 1 fully saturated rings. The van der Waals surface area contributed by atoms with Crippen LogP contribution in [-0.2, 0) is 13.5 Å². The van der Waals surface area contributed by atoms with E-state index in [4.69, 9.17) is 9.52 Å². The number of aliphatic imine (C=N–C) groups is 1. The molecule has 0 aromatic carbocycles. The number of hydrogen-bond acceptors (Lipinski definition) is 5. The molecule has 1 N–H and O–H groups in total. The highest BCUT2D eigenvalue weighted by Crippen LogP contribution is 2.26. The molecule has 3 rings (SSSR count). The largest absolute Gasteiger partial charge is 0.357 e. The van der Waals surface area contributed by atoms with E-state index >= 15 is 0 Å². The fourth-order valence-corrected chi connectivity index (χ4v) is 3.00. The van der Waals surface area contributed by atoms with Crippen LogP contribution in [0.2, 0.25) is 0 Å². The lowest BCUT2D eigenvalue weighted by atomic mass is 10.0. The van der Waals surface area contributed by atoms with Crippen molar-refractivity contribution < 1.29 is 4.52 Å². The van der Waals surface area contributed by atoms with Gasteiger partial charge in [0.1, 0.15) is 0 Å². The minimum Gasteiger partial charge on any atom is -0.357 e. The molecule has 0 bridgehead atoms. The van der Waals surface area contributed by atoms with Gasteiger partial charge >= 0.3 is 0 Å². The van der Waals surface area contributed by atoms with Gasteiger partial charge in [-0.05, 0) is 25.8 Å². The van der Waals surface area contributed by atoms with Crippen LogP contribution in [0.3, 0.4) is 0 Å². The Morgan fingerprint density at radius 3 is 3.04 bits per heavy atom. The van der Waals surface area contributed by atoms with Gasteiger partial charge in [0.15, 0.2) is 11.8 Å². The average molecular weight is 331 g/mol. The molecule has 1 aliphatic rings. The average Bonchev–Trinajstić information content (AvgIpc) is 3.27. The molecule has 8 heteroatoms. The summed E-state index contributed by atoms with van der Waals surface area (Å²) in [6.45, 7) is 7.38. The highest BCUT2D eigenvalue weighted by atomic mass is 16.5. The molecule has 0 amide bonds. The molecule has 8 nitrogen and oxygen atoms in total. The zero-order valence-electron chi connectivity index (χ0n) is 14.6. The minimum atomic E-state index is 0.515. The molecule has 0 spiro atoms. The standard InChI is InChI=1S/C16H25N7O/c1-4-17-16(18-7-5-15-20-12(2)21-24-15)23-8-6-13(11-23)14-9-19-22(3)10-14/h9-10,13H,4-8,11H2,1-3H3,(H,17,18). The van der Waals surface area contributed by atoms with E-state index in [2.05, 4.69) is 38.6 Å². The summed E-state index contributed by atoms with van der Waals surface area (Å²) in [5, 5.41) is 11.5. The molecule has 130 valence electrons. The summed E-state index contributed by atoms with van der Waals surface area (Å²) in [5.74, 6) is 2.78. The molecule has 24 heavy (non-hydrogen) atoms. The maximum absolute atomic E-state index is 5.14. The number of guanidine groups is 1. The van der Waals surface area contributed by atoms with Crippen molar-refractivity contribution in [1.29, 1.82) is 0 Å². The number of hydrogen-bond donors (Lipinski definition) is 1. The van der Waals surface area contributed by atoms with Crippen molar-refractivity contribution in [1.82, 2.24) is 30.1 Å². The Kier molecular flexibility index (Phi) is 5.12. The van der Waals surface area contributed by atoms with Gasteiger partial charge in [-0.1, -0.05) is 5.16 Å². The lowest BCUT2D eigenvalue weighted by Gasteiger charge is -2.21. The van der Waals surface area contributed by atoms with Crippen LogP contribution in [0, 0.1) is 6.92 Å². The Labute approximate surface area is 141 Å². The fraction of sp³-hybridized carbons (Fsp3) is 0.625. The lowest BCUT2D eigenvalue weighted by Crippen LogP contribution is -2.40. The molecule has 2 aromatic rings. The molecule has 1 aliphatic heterocycles. The van der Waals surface area contributed by atoms with Crippen molar-refractivity contribution in [2.45, 2.75) is 32.6 Å². The van der Waals surface area contributed by atoms with Gasteiger partial charge < -0.3 is 14.7 Å². The van der Waals surface area contributed by atoms with Gasteiger partial charge in [-0.25, -0.2) is 0 Å². The maximum Gasteiger partial charge on any atom is 0.228 e. The van der Waals surface area contributed by atoms with Crippen molar-refractivity contribution in [2.24, 2.45) is 12.0 Å². The van der Waals surface area contributed by atoms with Crippen molar-refractivity contribution in [2.75, 3.05) is 26.2 Å². The van der Waals surface area contributed by atoms with Crippen LogP contribution in [0.15, 0.2) is 21.9 Å². The number of rotatable bonds is 5. The molecule has 3 heterocycles. The van der Waals surface area contributed by atoms with Gasteiger partial charge in [0.2, 0.25) is 5.89 Å². The first-order chi connectivity index (χ1) is 11.7. The van der Waals surface area contributed by atoms with Crippen molar-refractivity contribution >= 4 is 5.96 Å². The summed E-state index contributed by atoms with van der Waals surface area (Å²) >= 11 is 0. The molecule has 1 saturated heterocycles. The van der Waals surface area contributed by atoms with Gasteiger partial charge in [-0.3, -0.25) is 9.67 Å². The van der Waals surface area contributed by atoms with Crippen LogP contribution in [0.25, 0.3) is 0 Å². The lowest BCUT2D eigenvalue weighted by molar-refractivity contribution is 0.375. The van der Waals surface area contributed by atoms with E-state index in [0.717, 1.165) is 32.0 Å². The smallest absolute Gasteiger partial charge is 0.228 e. The second-order valence-corrected chi connectivity index (χ2v) is 6.10. The van der Waals surface area contributed by atoms with Crippen LogP contribution in [0.5, 0.6) is 0 Å². The number of nitrogens with one attached hydrogen (secondary N) is 1. The van der Waals surface area contributed by atoms with E-state index in [9.17, 15) is 0 Å². The number of nitrogens with zero attached hydrogens (tertiary/aromatic N) is 6. The van der Waals surface area contributed by atoms with E-state index < -0.39 is 0 Å². The highest BCUT2D eigenvalue weighted by Gasteiger charge is 2.26. The summed E-state index contributed by atoms with van der Waals surface area (Å²) < 4.78 is 7.00. The predicted molar refractivity (Wildman–Crippen MR) is 90.9 cm³/mol. The second kappa shape index (κ2) is 7.46. The zero-order valence-corrected chi connectivity index (χ0v) is 14.6. The Morgan fingerprint density at radius 2 is 2.38 bits per heavy atom. The van der Waals surface area contributed by atoms with E-state index in [-0.39, 0.29) is 0 Å². The van der Waals surface area contributed by atoms with E-state index in [1.807, 2.05) is 24.9 Å². The quantitative estimate of drug-likeness (QED) is 0.653. The minimum absolute atomic E-state index is 0.515. The Bertz CT molecular complexity index is 690. The van der Waals surface area contributed by atoms with E-state index in [1.165, 1.54) is 5.56 Å². The normalized spacial score (nSPS) is 18.4. The third kappa shape index (κ3) is 3.93. The molecule has 1 unspecified atom stereocenters. The molecular weight excluding hydrogens is 306 g/mol. The Morgan fingerprint density at radius 1 is 1.50 bits per heavy atom. The third-order valence-corrected chi connectivity index (χ3v) is 4.18. The fourth-order valence-electron chi connectivity index (χ4n) is 3.00. The van der Waals surface area contributed by atoms with Gasteiger partial charge in [0.05, 0.1) is 12.7 Å². The van der Waals surface area contributed by atoms with Gasteiger partial charge in [-0.15, -0.1) is 0 Å². The predicted octanol–water partition coefficient (Wildman–Crippen LogP) is 1.11. The van der Waals surface area contributed by atoms with Crippen LogP contribution in [0.1, 0.15) is 36.5 Å². The first-order valence-electron chi connectivity index (χ1n) is 8.46. The number of likely N-dealkylation sites (tertiary alicyclic amines) is 1. The number of aromatic nitrogens is 4. The van der Waals surface area contributed by atoms with Gasteiger partial charge in [0.25, 0.3) is 0 Å². The van der Waals surface area contributed by atoms with Gasteiger partial charge in [0, 0.05) is 45.2 Å². The third-order valence-electron chi connectivity index (χ3n) is 4.18. The van der Waals surface area contributed by atoms with Crippen molar-refractivity contribution in [3.63, 3.8) is 0 Å². The Balaban J connectivity index is 1.59. The van der Waals surface area contributed by atoms with Crippen LogP contribution in [-0.4, -0.2) is 57.0 Å². The monoisotopic (exact) mass is 331 g/mol. The zero-order chi connectivity index (χ0) is 16.9. The van der Waals surface area contributed by atoms with Crippen LogP contribution < -0.4 is 5.32 Å². The summed E-state index contributed by atoms with van der Waals surface area (Å²) in [6.07, 6.45) is 5.86. The molecule has 2 aromatic heterocycles. The molecule has 0 saturated carbocycles. The molecular formula is C16H25N7O. The van der Waals surface area contributed by atoms with Crippen molar-refractivity contribution in [3.8, 4) is 0 Å². The first-order valence-corrected chi connectivity index (χ1v) is 8.46. The maximum atomic E-state index is 5.14. The highest BCUT2D eigenvalue weighted by molar-refractivity contribution is 5.80. The summed E-state index contributed by atoms with van der Waals surface area (Å²) in [7, 11) is 1.96. The first kappa shape index (κ1) is 16.5. The van der Waals surface area contributed by atoms with E-state index in [1.54, 1.807) is 0 Å². The summed E-state index contributed by atoms with van der Waals surface area (Å²) in [4.78, 5) is 11.3. The second-order valence-electron chi connectivity index (χ2n) is 6.10. The topological polar surface area (TPSA) is 84.4 Å². The van der Waals surface area contributed by atoms with E-state index in [0.29, 0.717) is 30.6 Å². The molecule has 1 atom stereocenters. The summed E-state index contributed by atoms with van der Waals surface area (Å²) in [6, 6.07) is 0. The molecule has 0 radical (unpaired) electrons. The summed E-state index contributed by atoms with van der Waals surface area (Å²) in [5.41, 5.74) is 1.30. The van der Waals surface area contributed by atoms with Crippen molar-refractivity contribution in [3.05, 3.63) is 29.7 Å². The number of aryl methyl sites for hydroxylation is 2. The van der Waals surface area contributed by atoms with Crippen LogP contribution in [0.4, 0.5) is 0 Å². The van der Waals surface area contributed by atoms with Crippen LogP contribution >= 0.6 is 0 Å². The van der Waals surface area contributed by atoms with Gasteiger partial charge in [-0.2, -0.15) is 10.1 Å². The SMILES string of the molecule is CCNC(=NCCc1nc(C)no1)N1CCC(c2cnn(C)c2)C1.